The first kappa shape index (κ1) is 6.62. The van der Waals surface area contributed by atoms with Crippen molar-refractivity contribution in [1.29, 1.82) is 0 Å². The Bertz CT molecular complexity index is 101. The normalized spacial score (nSPS) is 34.3. The van der Waals surface area contributed by atoms with Crippen molar-refractivity contribution in [3.63, 3.8) is 0 Å². The Morgan fingerprint density at radius 2 is 2.33 bits per heavy atom. The molecule has 0 aliphatic heterocycles. The van der Waals surface area contributed by atoms with Crippen molar-refractivity contribution < 1.29 is 0 Å². The number of hydrogen-bond acceptors (Lipinski definition) is 2. The van der Waals surface area contributed by atoms with Gasteiger partial charge < -0.3 is 11.1 Å². The van der Waals surface area contributed by atoms with Gasteiger partial charge in [-0.1, -0.05) is 6.58 Å². The van der Waals surface area contributed by atoms with Crippen molar-refractivity contribution in [2.45, 2.75) is 31.3 Å². The summed E-state index contributed by atoms with van der Waals surface area (Å²) in [7, 11) is 0. The molecule has 2 atom stereocenters. The van der Waals surface area contributed by atoms with Gasteiger partial charge in [0.15, 0.2) is 0 Å². The van der Waals surface area contributed by atoms with Gasteiger partial charge in [0.05, 0.1) is 0 Å². The highest BCUT2D eigenvalue weighted by molar-refractivity contribution is 4.88. The van der Waals surface area contributed by atoms with E-state index in [1.807, 2.05) is 0 Å². The molecule has 2 unspecified atom stereocenters. The largest absolute Gasteiger partial charge is 0.387 e. The molecule has 0 bridgehead atoms. The molecule has 0 aromatic rings. The lowest BCUT2D eigenvalue weighted by Crippen LogP contribution is -2.37. The van der Waals surface area contributed by atoms with Crippen molar-refractivity contribution in [2.75, 3.05) is 0 Å². The van der Waals surface area contributed by atoms with Crippen LogP contribution in [0.15, 0.2) is 12.8 Å². The maximum atomic E-state index is 5.75. The molecule has 52 valence electrons. The summed E-state index contributed by atoms with van der Waals surface area (Å²) >= 11 is 0. The number of rotatable bonds is 2. The summed E-state index contributed by atoms with van der Waals surface area (Å²) < 4.78 is 0. The van der Waals surface area contributed by atoms with E-state index in [4.69, 9.17) is 5.73 Å². The maximum absolute atomic E-state index is 5.75. The van der Waals surface area contributed by atoms with Gasteiger partial charge in [0.1, 0.15) is 0 Å². The van der Waals surface area contributed by atoms with E-state index in [1.54, 1.807) is 6.20 Å². The Labute approximate surface area is 56.1 Å². The molecule has 0 saturated heterocycles. The number of nitrogens with one attached hydrogen (secondary N) is 1. The predicted octanol–water partition coefficient (Wildman–Crippen LogP) is 0.599. The van der Waals surface area contributed by atoms with Crippen LogP contribution in [-0.2, 0) is 0 Å². The average Bonchev–Trinajstić information content (AvgIpc) is 2.18. The molecule has 0 spiro atoms. The van der Waals surface area contributed by atoms with Crippen LogP contribution in [0, 0.1) is 0 Å². The fourth-order valence-electron chi connectivity index (χ4n) is 1.35. The van der Waals surface area contributed by atoms with Crippen LogP contribution in [0.3, 0.4) is 0 Å². The first-order chi connectivity index (χ1) is 4.34. The molecular weight excluding hydrogens is 112 g/mol. The summed E-state index contributed by atoms with van der Waals surface area (Å²) in [4.78, 5) is 0. The van der Waals surface area contributed by atoms with Crippen molar-refractivity contribution in [2.24, 2.45) is 5.73 Å². The molecule has 0 heterocycles. The smallest absolute Gasteiger partial charge is 0.0406 e. The van der Waals surface area contributed by atoms with E-state index in [1.165, 1.54) is 12.8 Å². The van der Waals surface area contributed by atoms with Crippen LogP contribution in [0.4, 0.5) is 0 Å². The quantitative estimate of drug-likeness (QED) is 0.568. The Morgan fingerprint density at radius 3 is 2.78 bits per heavy atom. The minimum atomic E-state index is 0.350. The summed E-state index contributed by atoms with van der Waals surface area (Å²) in [6.45, 7) is 3.59. The highest BCUT2D eigenvalue weighted by Crippen LogP contribution is 2.16. The summed E-state index contributed by atoms with van der Waals surface area (Å²) in [6, 6.07) is 0.838. The van der Waals surface area contributed by atoms with Crippen LogP contribution in [0.25, 0.3) is 0 Å². The lowest BCUT2D eigenvalue weighted by molar-refractivity contribution is 0.537. The Balaban J connectivity index is 2.30. The molecule has 1 aliphatic rings. The highest BCUT2D eigenvalue weighted by atomic mass is 14.9. The molecule has 0 amide bonds. The van der Waals surface area contributed by atoms with Crippen molar-refractivity contribution in [1.82, 2.24) is 5.32 Å². The van der Waals surface area contributed by atoms with Crippen molar-refractivity contribution in [3.8, 4) is 0 Å². The first-order valence-electron chi connectivity index (χ1n) is 3.47. The third kappa shape index (κ3) is 1.45. The number of hydrogen-bond donors (Lipinski definition) is 2. The van der Waals surface area contributed by atoms with Crippen LogP contribution < -0.4 is 11.1 Å². The Kier molecular flexibility index (Phi) is 2.11. The zero-order valence-corrected chi connectivity index (χ0v) is 5.64. The molecule has 0 radical (unpaired) electrons. The second-order valence-corrected chi connectivity index (χ2v) is 2.57. The van der Waals surface area contributed by atoms with E-state index in [0.717, 1.165) is 6.42 Å². The second-order valence-electron chi connectivity index (χ2n) is 2.57. The second kappa shape index (κ2) is 2.87. The van der Waals surface area contributed by atoms with Crippen molar-refractivity contribution >= 4 is 0 Å². The van der Waals surface area contributed by atoms with Gasteiger partial charge >= 0.3 is 0 Å². The van der Waals surface area contributed by atoms with Crippen LogP contribution in [0.5, 0.6) is 0 Å². The molecule has 9 heavy (non-hydrogen) atoms. The monoisotopic (exact) mass is 126 g/mol. The molecule has 2 heteroatoms. The molecule has 3 N–H and O–H groups in total. The average molecular weight is 126 g/mol. The van der Waals surface area contributed by atoms with Gasteiger partial charge in [0, 0.05) is 12.1 Å². The summed E-state index contributed by atoms with van der Waals surface area (Å²) in [5.74, 6) is 0. The fraction of sp³-hybridized carbons (Fsp3) is 0.714. The zero-order valence-electron chi connectivity index (χ0n) is 5.64. The van der Waals surface area contributed by atoms with Gasteiger partial charge in [-0.2, -0.15) is 0 Å². The van der Waals surface area contributed by atoms with Gasteiger partial charge in [-0.25, -0.2) is 0 Å². The van der Waals surface area contributed by atoms with E-state index in [9.17, 15) is 0 Å². The van der Waals surface area contributed by atoms with Crippen LogP contribution in [0.2, 0.25) is 0 Å². The molecule has 1 rings (SSSR count). The third-order valence-corrected chi connectivity index (χ3v) is 1.90. The van der Waals surface area contributed by atoms with Gasteiger partial charge in [-0.15, -0.1) is 0 Å². The maximum Gasteiger partial charge on any atom is 0.0406 e. The molecule has 1 fully saturated rings. The summed E-state index contributed by atoms with van der Waals surface area (Å²) in [5.41, 5.74) is 5.75. The molecule has 2 nitrogen and oxygen atoms in total. The van der Waals surface area contributed by atoms with Gasteiger partial charge in [-0.3, -0.25) is 0 Å². The minimum absolute atomic E-state index is 0.350. The van der Waals surface area contributed by atoms with Gasteiger partial charge in [0.25, 0.3) is 0 Å². The van der Waals surface area contributed by atoms with Crippen LogP contribution >= 0.6 is 0 Å². The Morgan fingerprint density at radius 1 is 1.56 bits per heavy atom. The molecule has 0 aromatic heterocycles. The van der Waals surface area contributed by atoms with E-state index in [0.29, 0.717) is 12.1 Å². The molecule has 0 aromatic carbocycles. The van der Waals surface area contributed by atoms with Gasteiger partial charge in [-0.05, 0) is 25.5 Å². The van der Waals surface area contributed by atoms with E-state index < -0.39 is 0 Å². The van der Waals surface area contributed by atoms with E-state index in [-0.39, 0.29) is 0 Å². The van der Waals surface area contributed by atoms with Crippen LogP contribution in [-0.4, -0.2) is 12.1 Å². The molecular formula is C7H14N2. The minimum Gasteiger partial charge on any atom is -0.387 e. The zero-order chi connectivity index (χ0) is 6.69. The lowest BCUT2D eigenvalue weighted by atomic mass is 10.2. The van der Waals surface area contributed by atoms with E-state index >= 15 is 0 Å². The third-order valence-electron chi connectivity index (χ3n) is 1.90. The molecule has 1 aliphatic carbocycles. The fourth-order valence-corrected chi connectivity index (χ4v) is 1.35. The number of nitrogens with two attached hydrogens (primary N) is 1. The van der Waals surface area contributed by atoms with Crippen molar-refractivity contribution in [3.05, 3.63) is 12.8 Å². The lowest BCUT2D eigenvalue weighted by Gasteiger charge is -2.14. The first-order valence-corrected chi connectivity index (χ1v) is 3.47. The summed E-state index contributed by atoms with van der Waals surface area (Å²) in [5, 5.41) is 3.13. The highest BCUT2D eigenvalue weighted by Gasteiger charge is 2.21. The Hall–Kier alpha value is -0.500. The summed E-state index contributed by atoms with van der Waals surface area (Å²) in [6.07, 6.45) is 5.35. The molecule has 1 saturated carbocycles. The van der Waals surface area contributed by atoms with Gasteiger partial charge in [0.2, 0.25) is 0 Å². The predicted molar refractivity (Wildman–Crippen MR) is 38.9 cm³/mol. The standard InChI is InChI=1S/C7H14N2/c1-2-9-7-5-3-4-6(7)8/h2,6-7,9H,1,3-5,8H2. The van der Waals surface area contributed by atoms with E-state index in [2.05, 4.69) is 11.9 Å². The van der Waals surface area contributed by atoms with Crippen LogP contribution in [0.1, 0.15) is 19.3 Å². The SMILES string of the molecule is C=CNC1CCCC1N. The topological polar surface area (TPSA) is 38.0 Å².